The number of aromatic amines is 1. The molecule has 0 unspecified atom stereocenters. The average Bonchev–Trinajstić information content (AvgIpc) is 2.25. The van der Waals surface area contributed by atoms with Crippen LogP contribution in [-0.4, -0.2) is 4.98 Å². The number of pyridine rings is 1. The second-order valence-electron chi connectivity index (χ2n) is 3.60. The molecule has 78 valence electrons. The molecule has 0 aliphatic heterocycles. The van der Waals surface area contributed by atoms with Crippen LogP contribution < -0.4 is 5.43 Å². The summed E-state index contributed by atoms with van der Waals surface area (Å²) >= 11 is 2.06. The van der Waals surface area contributed by atoms with Crippen molar-refractivity contribution in [1.29, 1.82) is 0 Å². The lowest BCUT2D eigenvalue weighted by atomic mass is 10.1. The van der Waals surface area contributed by atoms with Gasteiger partial charge in [0.05, 0.1) is 3.57 Å². The molecule has 1 heterocycles. The van der Waals surface area contributed by atoms with E-state index in [4.69, 9.17) is 0 Å². The first kappa shape index (κ1) is 10.7. The van der Waals surface area contributed by atoms with Crippen LogP contribution >= 0.6 is 22.6 Å². The maximum atomic E-state index is 11.9. The van der Waals surface area contributed by atoms with E-state index in [1.807, 2.05) is 12.1 Å². The number of nitrogens with one attached hydrogen (secondary N) is 1. The maximum absolute atomic E-state index is 11.9. The second-order valence-corrected chi connectivity index (χ2v) is 4.76. The van der Waals surface area contributed by atoms with Gasteiger partial charge in [-0.3, -0.25) is 4.79 Å². The number of H-pyrrole nitrogens is 1. The minimum absolute atomic E-state index is 0.127. The van der Waals surface area contributed by atoms with Gasteiger partial charge in [-0.2, -0.15) is 0 Å². The molecule has 0 spiro atoms. The van der Waals surface area contributed by atoms with Gasteiger partial charge in [0, 0.05) is 17.1 Å². The Morgan fingerprint density at radius 3 is 2.93 bits per heavy atom. The SMILES string of the molecule is CCCc1ccc2[nH]cc(I)c(=O)c2c1. The third-order valence-corrected chi connectivity index (χ3v) is 3.24. The Bertz CT molecular complexity index is 545. The fourth-order valence-corrected chi connectivity index (χ4v) is 2.13. The van der Waals surface area contributed by atoms with Gasteiger partial charge in [0.15, 0.2) is 0 Å². The monoisotopic (exact) mass is 313 g/mol. The quantitative estimate of drug-likeness (QED) is 0.849. The van der Waals surface area contributed by atoms with E-state index in [2.05, 4.69) is 40.6 Å². The van der Waals surface area contributed by atoms with Crippen LogP contribution in [0.1, 0.15) is 18.9 Å². The van der Waals surface area contributed by atoms with Crippen molar-refractivity contribution in [1.82, 2.24) is 4.98 Å². The zero-order valence-corrected chi connectivity index (χ0v) is 10.7. The first-order valence-electron chi connectivity index (χ1n) is 5.02. The molecule has 2 aromatic rings. The zero-order chi connectivity index (χ0) is 10.8. The molecule has 1 N–H and O–H groups in total. The van der Waals surface area contributed by atoms with Crippen LogP contribution in [0.25, 0.3) is 10.9 Å². The normalized spacial score (nSPS) is 10.8. The summed E-state index contributed by atoms with van der Waals surface area (Å²) in [6, 6.07) is 6.06. The van der Waals surface area contributed by atoms with Gasteiger partial charge in [-0.1, -0.05) is 19.4 Å². The molecule has 0 saturated heterocycles. The van der Waals surface area contributed by atoms with Crippen molar-refractivity contribution < 1.29 is 0 Å². The largest absolute Gasteiger partial charge is 0.360 e. The van der Waals surface area contributed by atoms with Crippen molar-refractivity contribution in [3.8, 4) is 0 Å². The summed E-state index contributed by atoms with van der Waals surface area (Å²) in [5.74, 6) is 0. The molecular weight excluding hydrogens is 301 g/mol. The van der Waals surface area contributed by atoms with E-state index in [0.29, 0.717) is 0 Å². The van der Waals surface area contributed by atoms with Crippen LogP contribution in [0.15, 0.2) is 29.2 Å². The fraction of sp³-hybridized carbons (Fsp3) is 0.250. The first-order chi connectivity index (χ1) is 7.22. The number of hydrogen-bond donors (Lipinski definition) is 1. The number of aromatic nitrogens is 1. The lowest BCUT2D eigenvalue weighted by Crippen LogP contribution is -2.06. The first-order valence-corrected chi connectivity index (χ1v) is 6.10. The van der Waals surface area contributed by atoms with E-state index in [9.17, 15) is 4.79 Å². The molecule has 0 fully saturated rings. The van der Waals surface area contributed by atoms with Crippen molar-refractivity contribution in [2.45, 2.75) is 19.8 Å². The minimum atomic E-state index is 0.127. The fourth-order valence-electron chi connectivity index (χ4n) is 1.68. The molecule has 0 bridgehead atoms. The van der Waals surface area contributed by atoms with Crippen molar-refractivity contribution >= 4 is 33.5 Å². The predicted molar refractivity (Wildman–Crippen MR) is 71.3 cm³/mol. The summed E-state index contributed by atoms with van der Waals surface area (Å²) in [6.07, 6.45) is 3.89. The number of hydrogen-bond acceptors (Lipinski definition) is 1. The number of fused-ring (bicyclic) bond motifs is 1. The third-order valence-electron chi connectivity index (χ3n) is 2.44. The molecule has 1 aromatic heterocycles. The highest BCUT2D eigenvalue weighted by molar-refractivity contribution is 14.1. The Morgan fingerprint density at radius 1 is 1.40 bits per heavy atom. The van der Waals surface area contributed by atoms with Gasteiger partial charge in [0.25, 0.3) is 0 Å². The Labute approximate surface area is 102 Å². The average molecular weight is 313 g/mol. The molecule has 0 atom stereocenters. The second kappa shape index (κ2) is 4.35. The molecule has 0 aliphatic rings. The lowest BCUT2D eigenvalue weighted by Gasteiger charge is -2.02. The smallest absolute Gasteiger partial charge is 0.202 e. The van der Waals surface area contributed by atoms with Crippen molar-refractivity contribution in [3.63, 3.8) is 0 Å². The van der Waals surface area contributed by atoms with Gasteiger partial charge in [-0.05, 0) is 46.7 Å². The maximum Gasteiger partial charge on any atom is 0.202 e. The molecule has 0 aliphatic carbocycles. The highest BCUT2D eigenvalue weighted by Crippen LogP contribution is 2.13. The van der Waals surface area contributed by atoms with Crippen LogP contribution in [0.4, 0.5) is 0 Å². The summed E-state index contributed by atoms with van der Waals surface area (Å²) in [7, 11) is 0. The van der Waals surface area contributed by atoms with Crippen LogP contribution in [-0.2, 0) is 6.42 Å². The van der Waals surface area contributed by atoms with E-state index in [0.717, 1.165) is 27.3 Å². The molecule has 0 radical (unpaired) electrons. The molecule has 0 amide bonds. The predicted octanol–water partition coefficient (Wildman–Crippen LogP) is 3.09. The molecule has 1 aromatic carbocycles. The molecule has 0 saturated carbocycles. The van der Waals surface area contributed by atoms with Gasteiger partial charge in [0.2, 0.25) is 5.43 Å². The molecule has 3 heteroatoms. The van der Waals surface area contributed by atoms with Crippen LogP contribution in [0.2, 0.25) is 0 Å². The lowest BCUT2D eigenvalue weighted by molar-refractivity contribution is 0.923. The highest BCUT2D eigenvalue weighted by atomic mass is 127. The summed E-state index contributed by atoms with van der Waals surface area (Å²) in [6.45, 7) is 2.14. The Morgan fingerprint density at radius 2 is 2.20 bits per heavy atom. The minimum Gasteiger partial charge on any atom is -0.360 e. The number of aryl methyl sites for hydroxylation is 1. The Balaban J connectivity index is 2.68. The van der Waals surface area contributed by atoms with E-state index in [-0.39, 0.29) is 5.43 Å². The van der Waals surface area contributed by atoms with Crippen LogP contribution in [0.3, 0.4) is 0 Å². The molecule has 15 heavy (non-hydrogen) atoms. The Hall–Kier alpha value is -0.840. The van der Waals surface area contributed by atoms with Crippen LogP contribution in [0.5, 0.6) is 0 Å². The van der Waals surface area contributed by atoms with Gasteiger partial charge < -0.3 is 4.98 Å². The third kappa shape index (κ3) is 2.07. The van der Waals surface area contributed by atoms with Gasteiger partial charge in [0.1, 0.15) is 0 Å². The molecule has 2 rings (SSSR count). The summed E-state index contributed by atoms with van der Waals surface area (Å²) in [4.78, 5) is 15.0. The topological polar surface area (TPSA) is 32.9 Å². The molecular formula is C12H12INO. The van der Waals surface area contributed by atoms with Gasteiger partial charge in [-0.15, -0.1) is 0 Å². The van der Waals surface area contributed by atoms with Gasteiger partial charge in [-0.25, -0.2) is 0 Å². The van der Waals surface area contributed by atoms with Crippen LogP contribution in [0, 0.1) is 3.57 Å². The van der Waals surface area contributed by atoms with Gasteiger partial charge >= 0.3 is 0 Å². The van der Waals surface area contributed by atoms with E-state index in [1.54, 1.807) is 6.20 Å². The zero-order valence-electron chi connectivity index (χ0n) is 8.51. The van der Waals surface area contributed by atoms with Crippen molar-refractivity contribution in [3.05, 3.63) is 43.8 Å². The van der Waals surface area contributed by atoms with E-state index >= 15 is 0 Å². The van der Waals surface area contributed by atoms with Crippen molar-refractivity contribution in [2.75, 3.05) is 0 Å². The highest BCUT2D eigenvalue weighted by Gasteiger charge is 2.03. The van der Waals surface area contributed by atoms with E-state index in [1.165, 1.54) is 5.56 Å². The standard InChI is InChI=1S/C12H12INO/c1-2-3-8-4-5-11-9(6-8)12(15)10(13)7-14-11/h4-7H,2-3H2,1H3,(H,14,15). The molecule has 2 nitrogen and oxygen atoms in total. The summed E-state index contributed by atoms with van der Waals surface area (Å²) < 4.78 is 0.744. The van der Waals surface area contributed by atoms with Crippen molar-refractivity contribution in [2.24, 2.45) is 0 Å². The number of rotatable bonds is 2. The number of benzene rings is 1. The Kier molecular flexibility index (Phi) is 3.09. The summed E-state index contributed by atoms with van der Waals surface area (Å²) in [5, 5.41) is 0.799. The number of halogens is 1. The summed E-state index contributed by atoms with van der Waals surface area (Å²) in [5.41, 5.74) is 2.28. The van der Waals surface area contributed by atoms with E-state index < -0.39 is 0 Å².